The Kier molecular flexibility index (Phi) is 4.74. The van der Waals surface area contributed by atoms with Gasteiger partial charge in [0.25, 0.3) is 0 Å². The average Bonchev–Trinajstić information content (AvgIpc) is 2.53. The van der Waals surface area contributed by atoms with Crippen molar-refractivity contribution in [3.05, 3.63) is 29.3 Å². The van der Waals surface area contributed by atoms with E-state index in [9.17, 15) is 0 Å². The number of aryl methyl sites for hydroxylation is 1. The van der Waals surface area contributed by atoms with Gasteiger partial charge in [0.15, 0.2) is 0 Å². The highest BCUT2D eigenvalue weighted by atomic mass is 16.5. The van der Waals surface area contributed by atoms with Crippen molar-refractivity contribution in [3.8, 4) is 5.75 Å². The van der Waals surface area contributed by atoms with Crippen molar-refractivity contribution in [2.45, 2.75) is 64.6 Å². The molecule has 1 fully saturated rings. The molecule has 1 aromatic carbocycles. The van der Waals surface area contributed by atoms with Crippen LogP contribution in [0.5, 0.6) is 5.75 Å². The van der Waals surface area contributed by atoms with Crippen molar-refractivity contribution < 1.29 is 4.74 Å². The summed E-state index contributed by atoms with van der Waals surface area (Å²) in [6.07, 6.45) is 5.02. The van der Waals surface area contributed by atoms with Crippen LogP contribution in [0.2, 0.25) is 0 Å². The lowest BCUT2D eigenvalue weighted by Gasteiger charge is -2.43. The van der Waals surface area contributed by atoms with E-state index in [1.807, 2.05) is 0 Å². The van der Waals surface area contributed by atoms with Gasteiger partial charge in [0, 0.05) is 36.2 Å². The first-order valence-electron chi connectivity index (χ1n) is 8.87. The minimum atomic E-state index is 0.0941. The van der Waals surface area contributed by atoms with Gasteiger partial charge in [-0.2, -0.15) is 0 Å². The number of ether oxygens (including phenoxy) is 1. The van der Waals surface area contributed by atoms with Crippen molar-refractivity contribution >= 4 is 0 Å². The van der Waals surface area contributed by atoms with Crippen LogP contribution in [0.3, 0.4) is 0 Å². The topological polar surface area (TPSA) is 38.5 Å². The number of hydrogen-bond donors (Lipinski definition) is 1. The van der Waals surface area contributed by atoms with E-state index in [2.05, 4.69) is 43.9 Å². The highest BCUT2D eigenvalue weighted by Gasteiger charge is 2.33. The number of likely N-dealkylation sites (tertiary alicyclic amines) is 1. The smallest absolute Gasteiger partial charge is 0.124 e. The Morgan fingerprint density at radius 2 is 1.95 bits per heavy atom. The van der Waals surface area contributed by atoms with Crippen molar-refractivity contribution in [1.29, 1.82) is 0 Å². The van der Waals surface area contributed by atoms with Crippen LogP contribution in [-0.2, 0) is 6.42 Å². The molecule has 122 valence electrons. The van der Waals surface area contributed by atoms with Crippen LogP contribution in [0, 0.1) is 5.92 Å². The fourth-order valence-electron chi connectivity index (χ4n) is 4.04. The minimum absolute atomic E-state index is 0.0941. The summed E-state index contributed by atoms with van der Waals surface area (Å²) in [5.74, 6) is 1.38. The van der Waals surface area contributed by atoms with Gasteiger partial charge in [-0.1, -0.05) is 25.5 Å². The largest absolute Gasteiger partial charge is 0.493 e. The Morgan fingerprint density at radius 3 is 2.64 bits per heavy atom. The van der Waals surface area contributed by atoms with Gasteiger partial charge in [-0.05, 0) is 44.7 Å². The van der Waals surface area contributed by atoms with Gasteiger partial charge in [-0.25, -0.2) is 0 Å². The molecule has 22 heavy (non-hydrogen) atoms. The zero-order chi connectivity index (χ0) is 15.7. The number of rotatable bonds is 3. The van der Waals surface area contributed by atoms with E-state index in [-0.39, 0.29) is 6.04 Å². The van der Waals surface area contributed by atoms with Crippen molar-refractivity contribution in [1.82, 2.24) is 4.90 Å². The fourth-order valence-corrected chi connectivity index (χ4v) is 4.04. The molecule has 0 aliphatic carbocycles. The highest BCUT2D eigenvalue weighted by Crippen LogP contribution is 2.36. The van der Waals surface area contributed by atoms with Crippen molar-refractivity contribution in [2.75, 3.05) is 13.2 Å². The highest BCUT2D eigenvalue weighted by molar-refractivity contribution is 5.41. The van der Waals surface area contributed by atoms with E-state index >= 15 is 0 Å². The molecule has 2 heterocycles. The maximum Gasteiger partial charge on any atom is 0.124 e. The van der Waals surface area contributed by atoms with E-state index in [0.717, 1.165) is 25.3 Å². The van der Waals surface area contributed by atoms with Gasteiger partial charge >= 0.3 is 0 Å². The predicted octanol–water partition coefficient (Wildman–Crippen LogP) is 3.52. The normalized spacial score (nSPS) is 32.4. The average molecular weight is 302 g/mol. The summed E-state index contributed by atoms with van der Waals surface area (Å²) >= 11 is 0. The van der Waals surface area contributed by atoms with Crippen molar-refractivity contribution in [3.63, 3.8) is 0 Å². The third kappa shape index (κ3) is 3.02. The van der Waals surface area contributed by atoms with E-state index in [4.69, 9.17) is 10.5 Å². The molecule has 0 bridgehead atoms. The first kappa shape index (κ1) is 15.8. The number of nitrogens with zero attached hydrogens (tertiary/aromatic N) is 1. The number of piperidine rings is 1. The molecule has 3 nitrogen and oxygen atoms in total. The number of nitrogens with two attached hydrogens (primary N) is 1. The lowest BCUT2D eigenvalue weighted by atomic mass is 9.87. The zero-order valence-electron chi connectivity index (χ0n) is 14.2. The molecule has 3 rings (SSSR count). The van der Waals surface area contributed by atoms with Crippen LogP contribution in [0.1, 0.15) is 57.2 Å². The molecular weight excluding hydrogens is 272 g/mol. The maximum absolute atomic E-state index is 6.62. The molecule has 2 N–H and O–H groups in total. The summed E-state index contributed by atoms with van der Waals surface area (Å²) in [5, 5.41) is 0. The Hall–Kier alpha value is -1.06. The Balaban J connectivity index is 1.75. The molecule has 4 atom stereocenters. The van der Waals surface area contributed by atoms with Gasteiger partial charge in [-0.15, -0.1) is 0 Å². The summed E-state index contributed by atoms with van der Waals surface area (Å²) < 4.78 is 6.01. The molecule has 1 saturated heterocycles. The third-order valence-electron chi connectivity index (χ3n) is 5.62. The van der Waals surface area contributed by atoms with Gasteiger partial charge in [0.1, 0.15) is 5.75 Å². The summed E-state index contributed by atoms with van der Waals surface area (Å²) in [6.45, 7) is 8.70. The maximum atomic E-state index is 6.62. The molecule has 3 heteroatoms. The molecule has 0 amide bonds. The van der Waals surface area contributed by atoms with Crippen LogP contribution < -0.4 is 10.5 Å². The second-order valence-corrected chi connectivity index (χ2v) is 7.15. The number of fused-ring (bicyclic) bond motifs is 1. The molecule has 0 radical (unpaired) electrons. The Morgan fingerprint density at radius 1 is 1.23 bits per heavy atom. The summed E-state index contributed by atoms with van der Waals surface area (Å²) in [6, 6.07) is 7.92. The monoisotopic (exact) mass is 302 g/mol. The van der Waals surface area contributed by atoms with Gasteiger partial charge in [0.05, 0.1) is 6.61 Å². The SMILES string of the molecule is CCc1ccc2c(c1)C(N)C(CN1C(C)CCCC1C)CO2. The van der Waals surface area contributed by atoms with Crippen LogP contribution in [0.15, 0.2) is 18.2 Å². The molecule has 0 saturated carbocycles. The molecule has 0 spiro atoms. The second-order valence-electron chi connectivity index (χ2n) is 7.15. The van der Waals surface area contributed by atoms with Gasteiger partial charge < -0.3 is 10.5 Å². The lowest BCUT2D eigenvalue weighted by Crippen LogP contribution is -2.49. The Labute approximate surface area is 134 Å². The van der Waals surface area contributed by atoms with E-state index in [0.29, 0.717) is 18.0 Å². The molecule has 4 unspecified atom stereocenters. The molecule has 1 aromatic rings. The third-order valence-corrected chi connectivity index (χ3v) is 5.62. The molecular formula is C19H30N2O. The molecule has 2 aliphatic rings. The van der Waals surface area contributed by atoms with E-state index in [1.54, 1.807) is 0 Å². The fraction of sp³-hybridized carbons (Fsp3) is 0.684. The first-order chi connectivity index (χ1) is 10.6. The second kappa shape index (κ2) is 6.59. The molecule has 0 aromatic heterocycles. The number of benzene rings is 1. The summed E-state index contributed by atoms with van der Waals surface area (Å²) in [7, 11) is 0. The minimum Gasteiger partial charge on any atom is -0.493 e. The Bertz CT molecular complexity index is 506. The van der Waals surface area contributed by atoms with E-state index < -0.39 is 0 Å². The van der Waals surface area contributed by atoms with Crippen LogP contribution in [0.4, 0.5) is 0 Å². The van der Waals surface area contributed by atoms with Gasteiger partial charge in [0.2, 0.25) is 0 Å². The lowest BCUT2D eigenvalue weighted by molar-refractivity contribution is 0.0579. The van der Waals surface area contributed by atoms with Crippen LogP contribution >= 0.6 is 0 Å². The molecule has 2 aliphatic heterocycles. The zero-order valence-corrected chi connectivity index (χ0v) is 14.2. The summed E-state index contributed by atoms with van der Waals surface area (Å²) in [4.78, 5) is 2.64. The van der Waals surface area contributed by atoms with E-state index in [1.165, 1.54) is 30.4 Å². The predicted molar refractivity (Wildman–Crippen MR) is 91.2 cm³/mol. The first-order valence-corrected chi connectivity index (χ1v) is 8.87. The standard InChI is InChI=1S/C19H30N2O/c1-4-15-8-9-18-17(10-15)19(20)16(12-22-18)11-21-13(2)6-5-7-14(21)3/h8-10,13-14,16,19H,4-7,11-12,20H2,1-3H3. The van der Waals surface area contributed by atoms with Crippen LogP contribution in [-0.4, -0.2) is 30.1 Å². The summed E-state index contributed by atoms with van der Waals surface area (Å²) in [5.41, 5.74) is 9.16. The van der Waals surface area contributed by atoms with Gasteiger partial charge in [-0.3, -0.25) is 4.90 Å². The quantitative estimate of drug-likeness (QED) is 0.928. The van der Waals surface area contributed by atoms with Crippen molar-refractivity contribution in [2.24, 2.45) is 11.7 Å². The van der Waals surface area contributed by atoms with Crippen LogP contribution in [0.25, 0.3) is 0 Å². The number of hydrogen-bond acceptors (Lipinski definition) is 3.